The highest BCUT2D eigenvalue weighted by Crippen LogP contribution is 2.28. The van der Waals surface area contributed by atoms with Crippen LogP contribution in [0.2, 0.25) is 0 Å². The van der Waals surface area contributed by atoms with Gasteiger partial charge >= 0.3 is 0 Å². The van der Waals surface area contributed by atoms with E-state index in [2.05, 4.69) is 15.9 Å². The topological polar surface area (TPSA) is 29.5 Å². The molecule has 1 aliphatic carbocycles. The minimum absolute atomic E-state index is 0.0293. The molecule has 0 unspecified atom stereocenters. The number of aliphatic hydroxyl groups excluding tert-OH is 1. The second kappa shape index (κ2) is 5.69. The van der Waals surface area contributed by atoms with Gasteiger partial charge in [0.2, 0.25) is 0 Å². The zero-order valence-corrected chi connectivity index (χ0v) is 10.9. The van der Waals surface area contributed by atoms with Crippen molar-refractivity contribution in [2.75, 3.05) is 0 Å². The lowest BCUT2D eigenvalue weighted by Crippen LogP contribution is -2.20. The molecule has 0 saturated heterocycles. The van der Waals surface area contributed by atoms with Crippen LogP contribution in [-0.2, 0) is 6.61 Å². The highest BCUT2D eigenvalue weighted by atomic mass is 79.9. The molecule has 1 saturated carbocycles. The van der Waals surface area contributed by atoms with Crippen molar-refractivity contribution in [3.8, 4) is 5.75 Å². The van der Waals surface area contributed by atoms with Gasteiger partial charge < -0.3 is 9.84 Å². The molecule has 1 N–H and O–H groups in total. The predicted molar refractivity (Wildman–Crippen MR) is 67.6 cm³/mol. The average molecular weight is 285 g/mol. The third-order valence-corrected chi connectivity index (χ3v) is 3.53. The van der Waals surface area contributed by atoms with Crippen LogP contribution >= 0.6 is 15.9 Å². The maximum atomic E-state index is 9.27. The van der Waals surface area contributed by atoms with Gasteiger partial charge in [0.1, 0.15) is 5.75 Å². The largest absolute Gasteiger partial charge is 0.490 e. The van der Waals surface area contributed by atoms with Crippen molar-refractivity contribution in [3.63, 3.8) is 0 Å². The van der Waals surface area contributed by atoms with Gasteiger partial charge in [0.05, 0.1) is 12.7 Å². The lowest BCUT2D eigenvalue weighted by molar-refractivity contribution is 0.150. The van der Waals surface area contributed by atoms with Crippen LogP contribution in [0.3, 0.4) is 0 Å². The summed E-state index contributed by atoms with van der Waals surface area (Å²) in [6.07, 6.45) is 6.46. The van der Waals surface area contributed by atoms with Gasteiger partial charge in [-0.15, -0.1) is 0 Å². The van der Waals surface area contributed by atoms with E-state index in [1.54, 1.807) is 0 Å². The summed E-state index contributed by atoms with van der Waals surface area (Å²) in [6.45, 7) is 0.0293. The van der Waals surface area contributed by atoms with Crippen molar-refractivity contribution >= 4 is 15.9 Å². The molecule has 1 aromatic rings. The molecule has 1 fully saturated rings. The standard InChI is InChI=1S/C13H17BrO2/c14-11-6-7-13(10(8-11)9-15)16-12-4-2-1-3-5-12/h6-8,12,15H,1-5,9H2. The molecular formula is C13H17BrO2. The molecular weight excluding hydrogens is 268 g/mol. The quantitative estimate of drug-likeness (QED) is 0.918. The number of hydrogen-bond acceptors (Lipinski definition) is 2. The summed E-state index contributed by atoms with van der Waals surface area (Å²) in [7, 11) is 0. The summed E-state index contributed by atoms with van der Waals surface area (Å²) < 4.78 is 6.93. The lowest BCUT2D eigenvalue weighted by Gasteiger charge is -2.24. The predicted octanol–water partition coefficient (Wildman–Crippen LogP) is 3.65. The first kappa shape index (κ1) is 11.9. The van der Waals surface area contributed by atoms with Crippen LogP contribution in [0.25, 0.3) is 0 Å². The third-order valence-electron chi connectivity index (χ3n) is 3.04. The van der Waals surface area contributed by atoms with Crippen LogP contribution in [0, 0.1) is 0 Å². The first-order chi connectivity index (χ1) is 7.79. The number of aliphatic hydroxyl groups is 1. The molecule has 0 aliphatic heterocycles. The average Bonchev–Trinajstić information content (AvgIpc) is 2.33. The minimum Gasteiger partial charge on any atom is -0.490 e. The smallest absolute Gasteiger partial charge is 0.125 e. The Hall–Kier alpha value is -0.540. The maximum Gasteiger partial charge on any atom is 0.125 e. The first-order valence-corrected chi connectivity index (χ1v) is 6.65. The second-order valence-electron chi connectivity index (χ2n) is 4.29. The molecule has 88 valence electrons. The number of hydrogen-bond donors (Lipinski definition) is 1. The monoisotopic (exact) mass is 284 g/mol. The highest BCUT2D eigenvalue weighted by molar-refractivity contribution is 9.10. The van der Waals surface area contributed by atoms with E-state index in [0.717, 1.165) is 28.6 Å². The Morgan fingerprint density at radius 1 is 1.25 bits per heavy atom. The number of halogens is 1. The van der Waals surface area contributed by atoms with Crippen LogP contribution in [0.1, 0.15) is 37.7 Å². The van der Waals surface area contributed by atoms with Gasteiger partial charge in [-0.3, -0.25) is 0 Å². The molecule has 2 rings (SSSR count). The van der Waals surface area contributed by atoms with E-state index in [9.17, 15) is 5.11 Å². The molecule has 0 radical (unpaired) electrons. The van der Waals surface area contributed by atoms with Gasteiger partial charge in [-0.25, -0.2) is 0 Å². The van der Waals surface area contributed by atoms with Gasteiger partial charge in [0.25, 0.3) is 0 Å². The molecule has 16 heavy (non-hydrogen) atoms. The van der Waals surface area contributed by atoms with E-state index < -0.39 is 0 Å². The Balaban J connectivity index is 2.07. The molecule has 0 atom stereocenters. The maximum absolute atomic E-state index is 9.27. The molecule has 3 heteroatoms. The Labute approximate surface area is 105 Å². The van der Waals surface area contributed by atoms with Crippen LogP contribution < -0.4 is 4.74 Å². The summed E-state index contributed by atoms with van der Waals surface area (Å²) in [5.41, 5.74) is 0.861. The van der Waals surface area contributed by atoms with Gasteiger partial charge in [0, 0.05) is 10.0 Å². The Kier molecular flexibility index (Phi) is 4.24. The van der Waals surface area contributed by atoms with E-state index in [-0.39, 0.29) is 6.61 Å². The van der Waals surface area contributed by atoms with Crippen LogP contribution in [-0.4, -0.2) is 11.2 Å². The number of benzene rings is 1. The Morgan fingerprint density at radius 2 is 2.00 bits per heavy atom. The number of ether oxygens (including phenoxy) is 1. The van der Waals surface area contributed by atoms with Crippen molar-refractivity contribution in [1.82, 2.24) is 0 Å². The highest BCUT2D eigenvalue weighted by Gasteiger charge is 2.16. The van der Waals surface area contributed by atoms with Crippen LogP contribution in [0.4, 0.5) is 0 Å². The summed E-state index contributed by atoms with van der Waals surface area (Å²) in [4.78, 5) is 0. The molecule has 0 bridgehead atoms. The van der Waals surface area contributed by atoms with Gasteiger partial charge in [-0.1, -0.05) is 22.4 Å². The fourth-order valence-corrected chi connectivity index (χ4v) is 2.56. The van der Waals surface area contributed by atoms with Gasteiger partial charge in [-0.05, 0) is 43.9 Å². The zero-order chi connectivity index (χ0) is 11.4. The summed E-state index contributed by atoms with van der Waals surface area (Å²) in [5.74, 6) is 0.831. The van der Waals surface area contributed by atoms with Gasteiger partial charge in [-0.2, -0.15) is 0 Å². The molecule has 0 heterocycles. The second-order valence-corrected chi connectivity index (χ2v) is 5.20. The zero-order valence-electron chi connectivity index (χ0n) is 9.29. The van der Waals surface area contributed by atoms with Crippen LogP contribution in [0.15, 0.2) is 22.7 Å². The van der Waals surface area contributed by atoms with Crippen molar-refractivity contribution in [2.24, 2.45) is 0 Å². The van der Waals surface area contributed by atoms with Crippen LogP contribution in [0.5, 0.6) is 5.75 Å². The molecule has 0 spiro atoms. The summed E-state index contributed by atoms with van der Waals surface area (Å²) in [5, 5.41) is 9.27. The third kappa shape index (κ3) is 2.98. The molecule has 1 aromatic carbocycles. The minimum atomic E-state index is 0.0293. The fourth-order valence-electron chi connectivity index (χ4n) is 2.15. The Bertz CT molecular complexity index is 346. The SMILES string of the molecule is OCc1cc(Br)ccc1OC1CCCCC1. The van der Waals surface area contributed by atoms with Gasteiger partial charge in [0.15, 0.2) is 0 Å². The van der Waals surface area contributed by atoms with E-state index in [0.29, 0.717) is 6.10 Å². The van der Waals surface area contributed by atoms with Crippen molar-refractivity contribution in [2.45, 2.75) is 44.8 Å². The lowest BCUT2D eigenvalue weighted by atomic mass is 9.98. The van der Waals surface area contributed by atoms with Crippen molar-refractivity contribution in [3.05, 3.63) is 28.2 Å². The fraction of sp³-hybridized carbons (Fsp3) is 0.538. The molecule has 0 aromatic heterocycles. The molecule has 0 amide bonds. The molecule has 1 aliphatic rings. The summed E-state index contributed by atoms with van der Waals surface area (Å²) in [6, 6.07) is 5.81. The van der Waals surface area contributed by atoms with E-state index in [1.807, 2.05) is 18.2 Å². The van der Waals surface area contributed by atoms with Crippen molar-refractivity contribution < 1.29 is 9.84 Å². The summed E-state index contributed by atoms with van der Waals surface area (Å²) >= 11 is 3.40. The number of rotatable bonds is 3. The van der Waals surface area contributed by atoms with E-state index in [1.165, 1.54) is 19.3 Å². The normalized spacial score (nSPS) is 17.4. The first-order valence-electron chi connectivity index (χ1n) is 5.85. The van der Waals surface area contributed by atoms with E-state index >= 15 is 0 Å². The Morgan fingerprint density at radius 3 is 2.69 bits per heavy atom. The van der Waals surface area contributed by atoms with Crippen molar-refractivity contribution in [1.29, 1.82) is 0 Å². The molecule has 2 nitrogen and oxygen atoms in total. The van der Waals surface area contributed by atoms with E-state index in [4.69, 9.17) is 4.74 Å².